The topological polar surface area (TPSA) is 104 Å². The number of carbonyl (C=O) groups excluding carboxylic acids is 3. The Kier molecular flexibility index (Phi) is 7.93. The molecule has 0 saturated carbocycles. The van der Waals surface area contributed by atoms with Crippen LogP contribution in [0.5, 0.6) is 11.5 Å². The Bertz CT molecular complexity index is 1100. The van der Waals surface area contributed by atoms with Gasteiger partial charge in [-0.15, -0.1) is 11.3 Å². The third-order valence-electron chi connectivity index (χ3n) is 4.36. The van der Waals surface area contributed by atoms with Crippen molar-refractivity contribution in [2.24, 2.45) is 0 Å². The molecule has 1 N–H and O–H groups in total. The van der Waals surface area contributed by atoms with Crippen LogP contribution in [0.1, 0.15) is 11.3 Å². The lowest BCUT2D eigenvalue weighted by molar-refractivity contribution is -0.149. The number of amides is 2. The number of nitrogens with zero attached hydrogens (tertiary/aromatic N) is 1. The van der Waals surface area contributed by atoms with Crippen molar-refractivity contribution in [1.82, 2.24) is 10.3 Å². The van der Waals surface area contributed by atoms with Gasteiger partial charge in [0.25, 0.3) is 5.91 Å². The van der Waals surface area contributed by atoms with Gasteiger partial charge in [0.2, 0.25) is 5.91 Å². The van der Waals surface area contributed by atoms with Crippen LogP contribution in [0.3, 0.4) is 0 Å². The van der Waals surface area contributed by atoms with E-state index in [-0.39, 0.29) is 12.8 Å². The van der Waals surface area contributed by atoms with Gasteiger partial charge in [0.1, 0.15) is 5.01 Å². The van der Waals surface area contributed by atoms with Gasteiger partial charge in [-0.05, 0) is 23.8 Å². The Morgan fingerprint density at radius 1 is 0.938 bits per heavy atom. The van der Waals surface area contributed by atoms with Gasteiger partial charge in [-0.2, -0.15) is 0 Å². The van der Waals surface area contributed by atoms with E-state index in [1.54, 1.807) is 56.0 Å². The Morgan fingerprint density at radius 3 is 2.41 bits per heavy atom. The Balaban J connectivity index is 1.48. The number of hydrogen-bond donors (Lipinski definition) is 1. The SMILES string of the molecule is COc1ccc(-c2nc(CC(=O)OCC(=O)NC(=O)Cc3ccccc3)cs2)cc1OC. The summed E-state index contributed by atoms with van der Waals surface area (Å²) in [5.74, 6) is -0.564. The molecule has 32 heavy (non-hydrogen) atoms. The van der Waals surface area contributed by atoms with Crippen molar-refractivity contribution in [2.75, 3.05) is 20.8 Å². The number of carbonyl (C=O) groups is 3. The second kappa shape index (κ2) is 11.1. The second-order valence-corrected chi connectivity index (χ2v) is 7.54. The summed E-state index contributed by atoms with van der Waals surface area (Å²) in [4.78, 5) is 40.2. The van der Waals surface area contributed by atoms with Gasteiger partial charge < -0.3 is 14.2 Å². The quantitative estimate of drug-likeness (QED) is 0.496. The van der Waals surface area contributed by atoms with Crippen molar-refractivity contribution in [2.45, 2.75) is 12.8 Å². The van der Waals surface area contributed by atoms with E-state index in [9.17, 15) is 14.4 Å². The maximum atomic E-state index is 12.1. The highest BCUT2D eigenvalue weighted by atomic mass is 32.1. The standard InChI is InChI=1S/C23H22N2O6S/c1-29-18-9-8-16(11-19(18)30-2)23-24-17(14-32-23)12-22(28)31-13-21(27)25-20(26)10-15-6-4-3-5-7-15/h3-9,11,14H,10,12-13H2,1-2H3,(H,25,26,27). The molecular weight excluding hydrogens is 432 g/mol. The van der Waals surface area contributed by atoms with Gasteiger partial charge in [0.15, 0.2) is 18.1 Å². The first-order valence-corrected chi connectivity index (χ1v) is 10.6. The summed E-state index contributed by atoms with van der Waals surface area (Å²) in [5.41, 5.74) is 2.12. The lowest BCUT2D eigenvalue weighted by Gasteiger charge is -2.08. The van der Waals surface area contributed by atoms with E-state index >= 15 is 0 Å². The zero-order chi connectivity index (χ0) is 22.9. The van der Waals surface area contributed by atoms with Gasteiger partial charge >= 0.3 is 5.97 Å². The molecule has 0 bridgehead atoms. The third kappa shape index (κ3) is 6.39. The van der Waals surface area contributed by atoms with E-state index in [0.29, 0.717) is 22.2 Å². The molecule has 1 aromatic heterocycles. The highest BCUT2D eigenvalue weighted by molar-refractivity contribution is 7.13. The largest absolute Gasteiger partial charge is 0.493 e. The number of hydrogen-bond acceptors (Lipinski definition) is 8. The molecule has 8 nitrogen and oxygen atoms in total. The van der Waals surface area contributed by atoms with Gasteiger partial charge in [-0.25, -0.2) is 4.98 Å². The van der Waals surface area contributed by atoms with Crippen LogP contribution in [0.4, 0.5) is 0 Å². The minimum absolute atomic E-state index is 0.0677. The molecule has 1 heterocycles. The molecule has 2 aromatic carbocycles. The van der Waals surface area contributed by atoms with Gasteiger partial charge in [0, 0.05) is 10.9 Å². The van der Waals surface area contributed by atoms with Crippen LogP contribution in [-0.2, 0) is 32.0 Å². The van der Waals surface area contributed by atoms with Gasteiger partial charge in [-0.3, -0.25) is 19.7 Å². The smallest absolute Gasteiger partial charge is 0.312 e. The van der Waals surface area contributed by atoms with E-state index in [1.165, 1.54) is 11.3 Å². The van der Waals surface area contributed by atoms with Gasteiger partial charge in [0.05, 0.1) is 32.8 Å². The summed E-state index contributed by atoms with van der Waals surface area (Å²) >= 11 is 1.37. The molecule has 166 valence electrons. The molecule has 0 aliphatic carbocycles. The fraction of sp³-hybridized carbons (Fsp3) is 0.217. The van der Waals surface area contributed by atoms with Crippen LogP contribution >= 0.6 is 11.3 Å². The number of imide groups is 1. The molecule has 0 spiro atoms. The molecule has 0 atom stereocenters. The summed E-state index contributed by atoms with van der Waals surface area (Å²) < 4.78 is 15.5. The summed E-state index contributed by atoms with van der Waals surface area (Å²) in [6.07, 6.45) is -0.0205. The summed E-state index contributed by atoms with van der Waals surface area (Å²) in [6.45, 7) is -0.536. The number of aromatic nitrogens is 1. The van der Waals surface area contributed by atoms with Crippen molar-refractivity contribution < 1.29 is 28.6 Å². The predicted molar refractivity (Wildman–Crippen MR) is 119 cm³/mol. The zero-order valence-electron chi connectivity index (χ0n) is 17.6. The first-order valence-electron chi connectivity index (χ1n) is 9.67. The molecule has 0 unspecified atom stereocenters. The van der Waals surface area contributed by atoms with Crippen LogP contribution in [0.25, 0.3) is 10.6 Å². The average molecular weight is 455 g/mol. The average Bonchev–Trinajstić information content (AvgIpc) is 3.26. The number of rotatable bonds is 9. The van der Waals surface area contributed by atoms with E-state index < -0.39 is 24.4 Å². The number of ether oxygens (including phenoxy) is 3. The number of methoxy groups -OCH3 is 2. The molecule has 3 aromatic rings. The van der Waals surface area contributed by atoms with E-state index in [4.69, 9.17) is 14.2 Å². The Hall–Kier alpha value is -3.72. The predicted octanol–water partition coefficient (Wildman–Crippen LogP) is 2.80. The molecule has 0 radical (unpaired) electrons. The van der Waals surface area contributed by atoms with E-state index in [2.05, 4.69) is 10.3 Å². The van der Waals surface area contributed by atoms with Crippen molar-refractivity contribution >= 4 is 29.1 Å². The fourth-order valence-corrected chi connectivity index (χ4v) is 3.67. The molecule has 0 saturated heterocycles. The summed E-state index contributed by atoms with van der Waals surface area (Å²) in [6, 6.07) is 14.5. The van der Waals surface area contributed by atoms with Crippen LogP contribution in [-0.4, -0.2) is 43.6 Å². The number of benzene rings is 2. The zero-order valence-corrected chi connectivity index (χ0v) is 18.4. The van der Waals surface area contributed by atoms with Crippen LogP contribution in [0, 0.1) is 0 Å². The Labute approximate surface area is 189 Å². The van der Waals surface area contributed by atoms with Crippen LogP contribution in [0.15, 0.2) is 53.9 Å². The molecular formula is C23H22N2O6S. The second-order valence-electron chi connectivity index (χ2n) is 6.68. The number of nitrogens with one attached hydrogen (secondary N) is 1. The van der Waals surface area contributed by atoms with E-state index in [0.717, 1.165) is 11.1 Å². The van der Waals surface area contributed by atoms with Crippen LogP contribution < -0.4 is 14.8 Å². The highest BCUT2D eigenvalue weighted by Gasteiger charge is 2.15. The molecule has 2 amide bonds. The first kappa shape index (κ1) is 23.0. The Morgan fingerprint density at radius 2 is 1.69 bits per heavy atom. The van der Waals surface area contributed by atoms with Crippen molar-refractivity contribution in [1.29, 1.82) is 0 Å². The van der Waals surface area contributed by atoms with Crippen molar-refractivity contribution in [3.8, 4) is 22.1 Å². The third-order valence-corrected chi connectivity index (χ3v) is 5.30. The molecule has 0 aliphatic heterocycles. The summed E-state index contributed by atoms with van der Waals surface area (Å²) in [7, 11) is 3.11. The molecule has 3 rings (SSSR count). The monoisotopic (exact) mass is 454 g/mol. The van der Waals surface area contributed by atoms with Crippen molar-refractivity contribution in [3.05, 3.63) is 65.2 Å². The lowest BCUT2D eigenvalue weighted by atomic mass is 10.1. The normalized spacial score (nSPS) is 10.3. The number of thiazole rings is 1. The maximum absolute atomic E-state index is 12.1. The van der Waals surface area contributed by atoms with Gasteiger partial charge in [-0.1, -0.05) is 30.3 Å². The van der Waals surface area contributed by atoms with E-state index in [1.807, 2.05) is 12.1 Å². The van der Waals surface area contributed by atoms with Crippen molar-refractivity contribution in [3.63, 3.8) is 0 Å². The maximum Gasteiger partial charge on any atom is 0.312 e. The lowest BCUT2D eigenvalue weighted by Crippen LogP contribution is -2.35. The minimum Gasteiger partial charge on any atom is -0.493 e. The minimum atomic E-state index is -0.677. The molecule has 0 aliphatic rings. The highest BCUT2D eigenvalue weighted by Crippen LogP contribution is 2.33. The number of esters is 1. The first-order chi connectivity index (χ1) is 15.5. The van der Waals surface area contributed by atoms with Crippen LogP contribution in [0.2, 0.25) is 0 Å². The fourth-order valence-electron chi connectivity index (χ4n) is 2.85. The molecule has 0 fully saturated rings. The summed E-state index contributed by atoms with van der Waals surface area (Å²) in [5, 5.41) is 4.66. The molecule has 9 heteroatoms.